The van der Waals surface area contributed by atoms with Crippen molar-refractivity contribution < 1.29 is 13.2 Å². The number of fused-ring (bicyclic) bond motifs is 1. The van der Waals surface area contributed by atoms with E-state index in [-0.39, 0.29) is 5.41 Å². The molecule has 148 valence electrons. The van der Waals surface area contributed by atoms with Gasteiger partial charge in [0.05, 0.1) is 6.26 Å². The van der Waals surface area contributed by atoms with E-state index in [1.54, 1.807) is 12.1 Å². The number of hydrogen-bond donors (Lipinski definition) is 1. The Morgan fingerprint density at radius 2 is 1.71 bits per heavy atom. The van der Waals surface area contributed by atoms with Gasteiger partial charge in [0, 0.05) is 23.2 Å². The van der Waals surface area contributed by atoms with Crippen molar-refractivity contribution >= 4 is 21.5 Å². The van der Waals surface area contributed by atoms with Crippen LogP contribution in [0.25, 0.3) is 0 Å². The minimum Gasteiger partial charge on any atom is -0.303 e. The Bertz CT molecular complexity index is 975. The molecule has 1 spiro atoms. The Morgan fingerprint density at radius 3 is 2.36 bits per heavy atom. The second-order valence-electron chi connectivity index (χ2n) is 8.11. The van der Waals surface area contributed by atoms with Gasteiger partial charge >= 0.3 is 0 Å². The van der Waals surface area contributed by atoms with Crippen molar-refractivity contribution in [1.29, 1.82) is 0 Å². The van der Waals surface area contributed by atoms with Crippen molar-refractivity contribution in [3.8, 4) is 0 Å². The highest BCUT2D eigenvalue weighted by Crippen LogP contribution is 2.44. The van der Waals surface area contributed by atoms with E-state index in [4.69, 9.17) is 0 Å². The molecule has 0 aromatic heterocycles. The first-order valence-corrected chi connectivity index (χ1v) is 11.7. The molecule has 1 aliphatic carbocycles. The molecule has 1 saturated heterocycles. The quantitative estimate of drug-likeness (QED) is 0.840. The minimum atomic E-state index is -3.24. The van der Waals surface area contributed by atoms with Crippen LogP contribution in [0.5, 0.6) is 0 Å². The summed E-state index contributed by atoms with van der Waals surface area (Å²) in [5.74, 6) is 0.344. The zero-order valence-corrected chi connectivity index (χ0v) is 17.0. The molecule has 4 rings (SSSR count). The highest BCUT2D eigenvalue weighted by atomic mass is 32.2. The van der Waals surface area contributed by atoms with Gasteiger partial charge in [-0.1, -0.05) is 36.4 Å². The first kappa shape index (κ1) is 19.2. The van der Waals surface area contributed by atoms with Crippen LogP contribution < -0.4 is 4.72 Å². The molecule has 0 saturated carbocycles. The van der Waals surface area contributed by atoms with E-state index < -0.39 is 10.0 Å². The van der Waals surface area contributed by atoms with E-state index in [0.717, 1.165) is 57.1 Å². The summed E-state index contributed by atoms with van der Waals surface area (Å²) in [5, 5.41) is 0. The van der Waals surface area contributed by atoms with E-state index in [1.165, 1.54) is 11.1 Å². The summed E-state index contributed by atoms with van der Waals surface area (Å²) in [5.41, 5.74) is 3.73. The number of hydrogen-bond acceptors (Lipinski definition) is 4. The van der Waals surface area contributed by atoms with Gasteiger partial charge in [-0.3, -0.25) is 9.52 Å². The van der Waals surface area contributed by atoms with E-state index in [9.17, 15) is 13.2 Å². The van der Waals surface area contributed by atoms with E-state index in [1.807, 2.05) is 30.3 Å². The van der Waals surface area contributed by atoms with Gasteiger partial charge in [0.1, 0.15) is 0 Å². The maximum absolute atomic E-state index is 12.9. The van der Waals surface area contributed by atoms with Gasteiger partial charge < -0.3 is 4.90 Å². The zero-order chi connectivity index (χ0) is 19.8. The Morgan fingerprint density at radius 1 is 1.04 bits per heavy atom. The number of benzene rings is 2. The number of Topliss-reactive ketones (excluding diaryl/α,β-unsaturated/α-hetero) is 1. The largest absolute Gasteiger partial charge is 0.303 e. The maximum Gasteiger partial charge on any atom is 0.229 e. The fourth-order valence-corrected chi connectivity index (χ4v) is 5.04. The Balaban J connectivity index is 1.30. The molecule has 28 heavy (non-hydrogen) atoms. The summed E-state index contributed by atoms with van der Waals surface area (Å²) in [4.78, 5) is 15.4. The normalized spacial score (nSPS) is 19.0. The molecule has 0 bridgehead atoms. The lowest BCUT2D eigenvalue weighted by Gasteiger charge is -2.38. The predicted octanol–water partition coefficient (Wildman–Crippen LogP) is 3.12. The van der Waals surface area contributed by atoms with Crippen molar-refractivity contribution in [2.45, 2.75) is 25.7 Å². The average molecular weight is 399 g/mol. The third-order valence-corrected chi connectivity index (χ3v) is 6.67. The number of likely N-dealkylation sites (tertiary alicyclic amines) is 1. The van der Waals surface area contributed by atoms with Gasteiger partial charge in [0.15, 0.2) is 5.78 Å². The molecule has 1 aliphatic heterocycles. The number of nitrogens with one attached hydrogen (secondary N) is 1. The summed E-state index contributed by atoms with van der Waals surface area (Å²) in [7, 11) is -3.24. The second-order valence-corrected chi connectivity index (χ2v) is 9.85. The summed E-state index contributed by atoms with van der Waals surface area (Å²) in [6.45, 7) is 2.86. The lowest BCUT2D eigenvalue weighted by atomic mass is 9.75. The lowest BCUT2D eigenvalue weighted by molar-refractivity contribution is 0.0637. The summed E-state index contributed by atoms with van der Waals surface area (Å²) >= 11 is 0. The lowest BCUT2D eigenvalue weighted by Crippen LogP contribution is -2.43. The molecule has 5 nitrogen and oxygen atoms in total. The van der Waals surface area contributed by atoms with Gasteiger partial charge in [-0.25, -0.2) is 8.42 Å². The second kappa shape index (κ2) is 7.33. The van der Waals surface area contributed by atoms with Crippen LogP contribution in [0, 0.1) is 5.41 Å². The van der Waals surface area contributed by atoms with Gasteiger partial charge in [-0.15, -0.1) is 0 Å². The van der Waals surface area contributed by atoms with Crippen LogP contribution in [0.2, 0.25) is 0 Å². The molecule has 1 fully saturated rings. The molecule has 2 aliphatic rings. The van der Waals surface area contributed by atoms with Crippen LogP contribution in [0.1, 0.15) is 34.3 Å². The molecular formula is C22H26N2O3S. The molecular weight excluding hydrogens is 372 g/mol. The van der Waals surface area contributed by atoms with Crippen molar-refractivity contribution in [3.05, 3.63) is 65.2 Å². The van der Waals surface area contributed by atoms with Crippen molar-refractivity contribution in [2.75, 3.05) is 30.6 Å². The smallest absolute Gasteiger partial charge is 0.229 e. The molecule has 0 unspecified atom stereocenters. The molecule has 1 heterocycles. The summed E-state index contributed by atoms with van der Waals surface area (Å²) in [6.07, 6.45) is 4.82. The minimum absolute atomic E-state index is 0.181. The monoisotopic (exact) mass is 398 g/mol. The Labute approximate surface area is 166 Å². The van der Waals surface area contributed by atoms with Gasteiger partial charge in [-0.2, -0.15) is 0 Å². The van der Waals surface area contributed by atoms with E-state index in [0.29, 0.717) is 11.5 Å². The van der Waals surface area contributed by atoms with Crippen molar-refractivity contribution in [1.82, 2.24) is 4.90 Å². The van der Waals surface area contributed by atoms with Gasteiger partial charge in [0.2, 0.25) is 10.0 Å². The Kier molecular flexibility index (Phi) is 5.02. The molecule has 2 aromatic carbocycles. The number of rotatable bonds is 5. The van der Waals surface area contributed by atoms with Gasteiger partial charge in [0.25, 0.3) is 0 Å². The van der Waals surface area contributed by atoms with Crippen LogP contribution >= 0.6 is 0 Å². The van der Waals surface area contributed by atoms with Gasteiger partial charge in [-0.05, 0) is 62.0 Å². The van der Waals surface area contributed by atoms with Crippen LogP contribution in [0.4, 0.5) is 5.69 Å². The predicted molar refractivity (Wildman–Crippen MR) is 111 cm³/mol. The van der Waals surface area contributed by atoms with Crippen LogP contribution in [0.3, 0.4) is 0 Å². The number of anilines is 1. The zero-order valence-electron chi connectivity index (χ0n) is 16.1. The fourth-order valence-electron chi connectivity index (χ4n) is 4.48. The molecule has 0 amide bonds. The first-order valence-electron chi connectivity index (χ1n) is 9.76. The molecule has 0 atom stereocenters. The Hall–Kier alpha value is -2.18. The average Bonchev–Trinajstić information content (AvgIpc) is 2.93. The number of piperidine rings is 1. The fraction of sp³-hybridized carbons (Fsp3) is 0.409. The summed E-state index contributed by atoms with van der Waals surface area (Å²) < 4.78 is 25.0. The van der Waals surface area contributed by atoms with Crippen LogP contribution in [-0.2, 0) is 22.9 Å². The summed E-state index contributed by atoms with van der Waals surface area (Å²) in [6, 6.07) is 15.6. The SMILES string of the molecule is CS(=O)(=O)Nc1ccc(CCN2CCC3(CC2)Cc2ccccc2C3=O)cc1. The molecule has 2 aromatic rings. The first-order chi connectivity index (χ1) is 13.3. The molecule has 1 N–H and O–H groups in total. The van der Waals surface area contributed by atoms with Crippen molar-refractivity contribution in [3.63, 3.8) is 0 Å². The topological polar surface area (TPSA) is 66.5 Å². The molecule has 6 heteroatoms. The number of nitrogens with zero attached hydrogens (tertiary/aromatic N) is 1. The highest BCUT2D eigenvalue weighted by molar-refractivity contribution is 7.92. The van der Waals surface area contributed by atoms with Crippen molar-refractivity contribution in [2.24, 2.45) is 5.41 Å². The highest BCUT2D eigenvalue weighted by Gasteiger charge is 2.46. The number of sulfonamides is 1. The third-order valence-electron chi connectivity index (χ3n) is 6.06. The molecule has 0 radical (unpaired) electrons. The number of ketones is 1. The van der Waals surface area contributed by atoms with Crippen LogP contribution in [-0.4, -0.2) is 45.0 Å². The van der Waals surface area contributed by atoms with Crippen LogP contribution in [0.15, 0.2) is 48.5 Å². The van der Waals surface area contributed by atoms with E-state index in [2.05, 4.69) is 15.7 Å². The van der Waals surface area contributed by atoms with E-state index >= 15 is 0 Å². The maximum atomic E-state index is 12.9. The standard InChI is InChI=1S/C22H26N2O3S/c1-28(26,27)23-19-8-6-17(7-9-19)10-13-24-14-11-22(12-15-24)16-18-4-2-3-5-20(18)21(22)25/h2-9,23H,10-16H2,1H3. The third kappa shape index (κ3) is 3.98. The number of carbonyl (C=O) groups is 1. The number of carbonyl (C=O) groups excluding carboxylic acids is 1.